The van der Waals surface area contributed by atoms with Crippen LogP contribution in [-0.4, -0.2) is 34.4 Å². The molecule has 1 aliphatic heterocycles. The van der Waals surface area contributed by atoms with Crippen LogP contribution in [0, 0.1) is 0 Å². The first-order valence-corrected chi connectivity index (χ1v) is 9.98. The number of benzene rings is 2. The summed E-state index contributed by atoms with van der Waals surface area (Å²) in [6, 6.07) is 13.0. The topological polar surface area (TPSA) is 78.9 Å². The summed E-state index contributed by atoms with van der Waals surface area (Å²) in [5.74, 6) is 0.0738. The lowest BCUT2D eigenvalue weighted by Gasteiger charge is -2.19. The second kappa shape index (κ2) is 7.47. The van der Waals surface area contributed by atoms with E-state index >= 15 is 0 Å². The van der Waals surface area contributed by atoms with Crippen LogP contribution in [0.2, 0.25) is 0 Å². The largest absolute Gasteiger partial charge is 0.489 e. The van der Waals surface area contributed by atoms with Crippen molar-refractivity contribution in [1.29, 1.82) is 0 Å². The van der Waals surface area contributed by atoms with Gasteiger partial charge in [0.25, 0.3) is 10.1 Å². The maximum absolute atomic E-state index is 11.9. The lowest BCUT2D eigenvalue weighted by Crippen LogP contribution is -2.11. The lowest BCUT2D eigenvalue weighted by atomic mass is 9.85. The molecule has 0 fully saturated rings. The molecule has 0 aromatic heterocycles. The van der Waals surface area contributed by atoms with Gasteiger partial charge in [-0.25, -0.2) is 4.79 Å². The quantitative estimate of drug-likeness (QED) is 0.590. The predicted octanol–water partition coefficient (Wildman–Crippen LogP) is 2.86. The number of ether oxygens (including phenoxy) is 2. The maximum atomic E-state index is 11.9. The number of carbonyl (C=O) groups excluding carboxylic acids is 1. The van der Waals surface area contributed by atoms with Crippen LogP contribution in [0.4, 0.5) is 0 Å². The molecule has 1 aliphatic rings. The monoisotopic (exact) mass is 376 g/mol. The molecule has 7 heteroatoms. The molecule has 0 aliphatic carbocycles. The van der Waals surface area contributed by atoms with Crippen molar-refractivity contribution in [1.82, 2.24) is 0 Å². The van der Waals surface area contributed by atoms with Crippen LogP contribution in [0.1, 0.15) is 39.4 Å². The predicted molar refractivity (Wildman–Crippen MR) is 95.8 cm³/mol. The van der Waals surface area contributed by atoms with Crippen molar-refractivity contribution in [2.24, 2.45) is 0 Å². The van der Waals surface area contributed by atoms with E-state index in [2.05, 4.69) is 0 Å². The molecule has 2 aromatic carbocycles. The van der Waals surface area contributed by atoms with Gasteiger partial charge < -0.3 is 9.47 Å². The third-order valence-corrected chi connectivity index (χ3v) is 4.92. The van der Waals surface area contributed by atoms with Gasteiger partial charge in [-0.15, -0.1) is 0 Å². The van der Waals surface area contributed by atoms with E-state index in [1.165, 1.54) is 7.11 Å². The van der Waals surface area contributed by atoms with Gasteiger partial charge in [0.15, 0.2) is 0 Å². The van der Waals surface area contributed by atoms with E-state index in [9.17, 15) is 13.2 Å². The van der Waals surface area contributed by atoms with Crippen molar-refractivity contribution < 1.29 is 26.9 Å². The third kappa shape index (κ3) is 4.05. The van der Waals surface area contributed by atoms with Gasteiger partial charge in [-0.05, 0) is 35.7 Å². The van der Waals surface area contributed by atoms with E-state index in [0.29, 0.717) is 24.3 Å². The van der Waals surface area contributed by atoms with E-state index in [0.717, 1.165) is 22.9 Å². The van der Waals surface area contributed by atoms with Gasteiger partial charge in [0.05, 0.1) is 25.5 Å². The molecule has 1 unspecified atom stereocenters. The number of fused-ring (bicyclic) bond motifs is 2. The molecule has 0 saturated heterocycles. The number of methoxy groups -OCH3 is 1. The summed E-state index contributed by atoms with van der Waals surface area (Å²) in [4.78, 5) is 11.9. The maximum Gasteiger partial charge on any atom is 0.337 e. The zero-order valence-electron chi connectivity index (χ0n) is 14.6. The summed E-state index contributed by atoms with van der Waals surface area (Å²) < 4.78 is 38.3. The molecule has 2 aromatic rings. The fourth-order valence-electron chi connectivity index (χ4n) is 3.15. The Morgan fingerprint density at radius 1 is 1.19 bits per heavy atom. The summed E-state index contributed by atoms with van der Waals surface area (Å²) in [6.07, 6.45) is 1.46. The minimum absolute atomic E-state index is 0.0414. The average Bonchev–Trinajstić information content (AvgIpc) is 2.77. The number of hydrogen-bond acceptors (Lipinski definition) is 6. The Labute approximate surface area is 152 Å². The number of hydrogen-bond donors (Lipinski definition) is 0. The van der Waals surface area contributed by atoms with Crippen LogP contribution in [0.3, 0.4) is 0 Å². The van der Waals surface area contributed by atoms with E-state index in [1.54, 1.807) is 18.2 Å². The number of esters is 1. The first-order valence-electron chi connectivity index (χ1n) is 8.16. The Kier molecular flexibility index (Phi) is 5.29. The zero-order valence-corrected chi connectivity index (χ0v) is 15.4. The van der Waals surface area contributed by atoms with E-state index in [1.807, 2.05) is 24.3 Å². The first-order chi connectivity index (χ1) is 12.4. The molecule has 0 saturated carbocycles. The molecule has 0 spiro atoms. The van der Waals surface area contributed by atoms with Gasteiger partial charge in [-0.2, -0.15) is 8.42 Å². The van der Waals surface area contributed by atoms with Gasteiger partial charge in [0.2, 0.25) is 0 Å². The Bertz CT molecular complexity index is 919. The summed E-state index contributed by atoms with van der Waals surface area (Å²) in [5.41, 5.74) is 3.29. The van der Waals surface area contributed by atoms with Gasteiger partial charge in [0, 0.05) is 11.5 Å². The molecule has 0 bridgehead atoms. The Morgan fingerprint density at radius 3 is 2.69 bits per heavy atom. The normalized spacial score (nSPS) is 16.0. The van der Waals surface area contributed by atoms with Gasteiger partial charge in [-0.3, -0.25) is 4.18 Å². The van der Waals surface area contributed by atoms with Crippen LogP contribution in [0.25, 0.3) is 0 Å². The van der Waals surface area contributed by atoms with Crippen molar-refractivity contribution in [3.63, 3.8) is 0 Å². The molecule has 1 heterocycles. The fraction of sp³-hybridized carbons (Fsp3) is 0.316. The molecule has 0 amide bonds. The van der Waals surface area contributed by atoms with Crippen LogP contribution in [0.5, 0.6) is 5.75 Å². The van der Waals surface area contributed by atoms with Crippen molar-refractivity contribution in [3.05, 3.63) is 64.7 Å². The Morgan fingerprint density at radius 2 is 1.96 bits per heavy atom. The molecule has 138 valence electrons. The standard InChI is InChI=1S/C19H20O6S/c1-23-19(20)13-7-8-18-17(11-13)16(9-10-25-26(2,21)22)15-6-4-3-5-14(15)12-24-18/h3-8,11,16H,9-10,12H2,1-2H3. The molecule has 0 N–H and O–H groups in total. The van der Waals surface area contributed by atoms with Crippen molar-refractivity contribution in [2.45, 2.75) is 18.9 Å². The molecule has 0 radical (unpaired) electrons. The summed E-state index contributed by atoms with van der Waals surface area (Å²) in [7, 11) is -2.19. The third-order valence-electron chi connectivity index (χ3n) is 4.32. The highest BCUT2D eigenvalue weighted by molar-refractivity contribution is 7.85. The van der Waals surface area contributed by atoms with Gasteiger partial charge >= 0.3 is 5.97 Å². The van der Waals surface area contributed by atoms with Gasteiger partial charge in [-0.1, -0.05) is 24.3 Å². The summed E-state index contributed by atoms with van der Waals surface area (Å²) >= 11 is 0. The molecular weight excluding hydrogens is 356 g/mol. The second-order valence-corrected chi connectivity index (χ2v) is 7.74. The molecule has 6 nitrogen and oxygen atoms in total. The lowest BCUT2D eigenvalue weighted by molar-refractivity contribution is 0.0600. The van der Waals surface area contributed by atoms with Crippen LogP contribution in [-0.2, 0) is 25.6 Å². The highest BCUT2D eigenvalue weighted by Gasteiger charge is 2.26. The molecular formula is C19H20O6S. The van der Waals surface area contributed by atoms with Crippen molar-refractivity contribution in [3.8, 4) is 5.75 Å². The Hall–Kier alpha value is -2.38. The van der Waals surface area contributed by atoms with Crippen LogP contribution < -0.4 is 4.74 Å². The molecule has 26 heavy (non-hydrogen) atoms. The summed E-state index contributed by atoms with van der Waals surface area (Å²) in [6.45, 7) is 0.448. The molecule has 3 rings (SSSR count). The van der Waals surface area contributed by atoms with Crippen LogP contribution >= 0.6 is 0 Å². The Balaban J connectivity index is 2.03. The van der Waals surface area contributed by atoms with Gasteiger partial charge in [0.1, 0.15) is 12.4 Å². The number of carbonyl (C=O) groups is 1. The van der Waals surface area contributed by atoms with Crippen LogP contribution in [0.15, 0.2) is 42.5 Å². The summed E-state index contributed by atoms with van der Waals surface area (Å²) in [5, 5.41) is 0. The van der Waals surface area contributed by atoms with E-state index < -0.39 is 16.1 Å². The smallest absolute Gasteiger partial charge is 0.337 e. The van der Waals surface area contributed by atoms with Crippen molar-refractivity contribution >= 4 is 16.1 Å². The first kappa shape index (κ1) is 18.4. The second-order valence-electron chi connectivity index (χ2n) is 6.10. The minimum atomic E-state index is -3.52. The number of rotatable bonds is 5. The minimum Gasteiger partial charge on any atom is -0.489 e. The zero-order chi connectivity index (χ0) is 18.7. The average molecular weight is 376 g/mol. The van der Waals surface area contributed by atoms with E-state index in [4.69, 9.17) is 13.7 Å². The SMILES string of the molecule is COC(=O)c1ccc2c(c1)C(CCOS(C)(=O)=O)c1ccccc1CO2. The fourth-order valence-corrected chi connectivity index (χ4v) is 3.55. The molecule has 1 atom stereocenters. The highest BCUT2D eigenvalue weighted by Crippen LogP contribution is 2.40. The van der Waals surface area contributed by atoms with Crippen molar-refractivity contribution in [2.75, 3.05) is 20.0 Å². The highest BCUT2D eigenvalue weighted by atomic mass is 32.2. The van der Waals surface area contributed by atoms with E-state index in [-0.39, 0.29) is 12.5 Å².